The number of nitrogens with one attached hydrogen (secondary N) is 1. The third-order valence-corrected chi connectivity index (χ3v) is 4.71. The minimum Gasteiger partial charge on any atom is -0.355 e. The first-order chi connectivity index (χ1) is 12.6. The molecule has 1 amide bonds. The van der Waals surface area contributed by atoms with Gasteiger partial charge in [-0.05, 0) is 61.7 Å². The lowest BCUT2D eigenvalue weighted by Gasteiger charge is -2.22. The summed E-state index contributed by atoms with van der Waals surface area (Å²) in [7, 11) is 0. The molecule has 1 aliphatic rings. The van der Waals surface area contributed by atoms with E-state index in [0.29, 0.717) is 5.69 Å². The van der Waals surface area contributed by atoms with Gasteiger partial charge in [-0.2, -0.15) is 0 Å². The second-order valence-electron chi connectivity index (χ2n) is 6.78. The van der Waals surface area contributed by atoms with Crippen molar-refractivity contribution < 1.29 is 4.79 Å². The van der Waals surface area contributed by atoms with Crippen LogP contribution in [0.5, 0.6) is 0 Å². The normalized spacial score (nSPS) is 15.6. The van der Waals surface area contributed by atoms with Gasteiger partial charge in [-0.15, -0.1) is 0 Å². The molecule has 2 aromatic carbocycles. The zero-order valence-corrected chi connectivity index (χ0v) is 14.9. The second-order valence-corrected chi connectivity index (χ2v) is 6.78. The van der Waals surface area contributed by atoms with Crippen molar-refractivity contribution in [3.63, 3.8) is 0 Å². The molecule has 4 rings (SSSR count). The fourth-order valence-electron chi connectivity index (χ4n) is 3.51. The van der Waals surface area contributed by atoms with E-state index in [2.05, 4.69) is 42.3 Å². The number of hydrogen-bond acceptors (Lipinski definition) is 3. The smallest absolute Gasteiger partial charge is 0.277 e. The molecular formula is C22H21N3O. The van der Waals surface area contributed by atoms with Crippen LogP contribution in [0.15, 0.2) is 66.9 Å². The fourth-order valence-corrected chi connectivity index (χ4v) is 3.51. The number of nitrogens with zero attached hydrogens (tertiary/aromatic N) is 2. The van der Waals surface area contributed by atoms with Crippen LogP contribution in [0.3, 0.4) is 0 Å². The molecule has 1 atom stereocenters. The average Bonchev–Trinajstić information content (AvgIpc) is 2.97. The summed E-state index contributed by atoms with van der Waals surface area (Å²) < 4.78 is 0. The van der Waals surface area contributed by atoms with Gasteiger partial charge in [0.1, 0.15) is 5.69 Å². The average molecular weight is 343 g/mol. The Labute approximate surface area is 153 Å². The molecule has 1 aliphatic heterocycles. The molecule has 0 aliphatic carbocycles. The summed E-state index contributed by atoms with van der Waals surface area (Å²) in [6.45, 7) is 4.13. The SMILES string of the molecule is Cc1cccc(Nc2ccnc(C(=O)N3c4ccccc4CC3C)c2)c1. The minimum absolute atomic E-state index is 0.0599. The molecule has 4 heteroatoms. The van der Waals surface area contributed by atoms with Crippen LogP contribution in [0.1, 0.15) is 28.5 Å². The monoisotopic (exact) mass is 343 g/mol. The highest BCUT2D eigenvalue weighted by Crippen LogP contribution is 2.33. The van der Waals surface area contributed by atoms with E-state index in [-0.39, 0.29) is 11.9 Å². The Bertz CT molecular complexity index is 967. The number of carbonyl (C=O) groups excluding carboxylic acids is 1. The Kier molecular flexibility index (Phi) is 4.17. The van der Waals surface area contributed by atoms with Crippen LogP contribution < -0.4 is 10.2 Å². The predicted molar refractivity (Wildman–Crippen MR) is 105 cm³/mol. The quantitative estimate of drug-likeness (QED) is 0.748. The molecule has 0 bridgehead atoms. The van der Waals surface area contributed by atoms with Gasteiger partial charge < -0.3 is 10.2 Å². The molecule has 26 heavy (non-hydrogen) atoms. The van der Waals surface area contributed by atoms with Gasteiger partial charge >= 0.3 is 0 Å². The molecule has 1 unspecified atom stereocenters. The number of aromatic nitrogens is 1. The molecule has 1 aromatic heterocycles. The lowest BCUT2D eigenvalue weighted by molar-refractivity contribution is 0.0976. The summed E-state index contributed by atoms with van der Waals surface area (Å²) in [6, 6.07) is 20.0. The summed E-state index contributed by atoms with van der Waals surface area (Å²) in [4.78, 5) is 19.3. The van der Waals surface area contributed by atoms with Crippen molar-refractivity contribution in [1.29, 1.82) is 0 Å². The molecular weight excluding hydrogens is 322 g/mol. The van der Waals surface area contributed by atoms with Crippen LogP contribution in [0.2, 0.25) is 0 Å². The highest BCUT2D eigenvalue weighted by atomic mass is 16.2. The van der Waals surface area contributed by atoms with E-state index in [1.807, 2.05) is 47.4 Å². The number of carbonyl (C=O) groups is 1. The highest BCUT2D eigenvalue weighted by molar-refractivity contribution is 6.07. The van der Waals surface area contributed by atoms with Crippen LogP contribution in [-0.4, -0.2) is 16.9 Å². The van der Waals surface area contributed by atoms with Crippen molar-refractivity contribution in [1.82, 2.24) is 4.98 Å². The van der Waals surface area contributed by atoms with E-state index in [4.69, 9.17) is 0 Å². The number of para-hydroxylation sites is 1. The Morgan fingerprint density at radius 1 is 1.08 bits per heavy atom. The molecule has 0 spiro atoms. The van der Waals surface area contributed by atoms with Crippen LogP contribution in [0.4, 0.5) is 17.1 Å². The summed E-state index contributed by atoms with van der Waals surface area (Å²) in [5.74, 6) is -0.0599. The minimum atomic E-state index is -0.0599. The zero-order valence-electron chi connectivity index (χ0n) is 14.9. The maximum Gasteiger partial charge on any atom is 0.277 e. The standard InChI is InChI=1S/C22H21N3O/c1-15-6-5-8-18(12-15)24-19-10-11-23-20(14-19)22(26)25-16(2)13-17-7-3-4-9-21(17)25/h3-12,14,16H,13H2,1-2H3,(H,23,24). The Balaban J connectivity index is 1.61. The van der Waals surface area contributed by atoms with Gasteiger partial charge in [0.25, 0.3) is 5.91 Å². The second kappa shape index (κ2) is 6.64. The van der Waals surface area contributed by atoms with Gasteiger partial charge in [-0.3, -0.25) is 9.78 Å². The molecule has 1 N–H and O–H groups in total. The van der Waals surface area contributed by atoms with Gasteiger partial charge in [0.15, 0.2) is 0 Å². The Hall–Kier alpha value is -3.14. The van der Waals surface area contributed by atoms with Crippen molar-refractivity contribution in [2.24, 2.45) is 0 Å². The van der Waals surface area contributed by atoms with Crippen molar-refractivity contribution >= 4 is 23.0 Å². The summed E-state index contributed by atoms with van der Waals surface area (Å²) >= 11 is 0. The summed E-state index contributed by atoms with van der Waals surface area (Å²) in [5, 5.41) is 3.35. The van der Waals surface area contributed by atoms with Gasteiger partial charge in [0.2, 0.25) is 0 Å². The van der Waals surface area contributed by atoms with Crippen LogP contribution in [-0.2, 0) is 6.42 Å². The topological polar surface area (TPSA) is 45.2 Å². The van der Waals surface area contributed by atoms with Crippen molar-refractivity contribution in [2.75, 3.05) is 10.2 Å². The Morgan fingerprint density at radius 2 is 1.88 bits per heavy atom. The van der Waals surface area contributed by atoms with Gasteiger partial charge in [-0.25, -0.2) is 0 Å². The van der Waals surface area contributed by atoms with E-state index in [0.717, 1.165) is 23.5 Å². The molecule has 2 heterocycles. The molecule has 3 aromatic rings. The fraction of sp³-hybridized carbons (Fsp3) is 0.182. The van der Waals surface area contributed by atoms with E-state index >= 15 is 0 Å². The van der Waals surface area contributed by atoms with E-state index in [9.17, 15) is 4.79 Å². The predicted octanol–water partition coefficient (Wildman–Crippen LogP) is 4.73. The van der Waals surface area contributed by atoms with E-state index in [1.54, 1.807) is 6.20 Å². The molecule has 0 radical (unpaired) electrons. The lowest BCUT2D eigenvalue weighted by atomic mass is 10.1. The van der Waals surface area contributed by atoms with Crippen LogP contribution in [0.25, 0.3) is 0 Å². The largest absolute Gasteiger partial charge is 0.355 e. The number of rotatable bonds is 3. The van der Waals surface area contributed by atoms with E-state index in [1.165, 1.54) is 11.1 Å². The highest BCUT2D eigenvalue weighted by Gasteiger charge is 2.31. The Morgan fingerprint density at radius 3 is 2.73 bits per heavy atom. The third kappa shape index (κ3) is 3.06. The first-order valence-corrected chi connectivity index (χ1v) is 8.83. The zero-order chi connectivity index (χ0) is 18.1. The van der Waals surface area contributed by atoms with Gasteiger partial charge in [0.05, 0.1) is 0 Å². The van der Waals surface area contributed by atoms with Crippen molar-refractivity contribution in [2.45, 2.75) is 26.3 Å². The van der Waals surface area contributed by atoms with E-state index < -0.39 is 0 Å². The molecule has 0 fully saturated rings. The van der Waals surface area contributed by atoms with Crippen molar-refractivity contribution in [3.8, 4) is 0 Å². The number of anilines is 3. The number of amides is 1. The number of fused-ring (bicyclic) bond motifs is 1. The molecule has 0 saturated heterocycles. The summed E-state index contributed by atoms with van der Waals surface area (Å²) in [5.41, 5.74) is 5.68. The number of benzene rings is 2. The lowest BCUT2D eigenvalue weighted by Crippen LogP contribution is -2.36. The number of hydrogen-bond donors (Lipinski definition) is 1. The third-order valence-electron chi connectivity index (χ3n) is 4.71. The number of pyridine rings is 1. The maximum atomic E-state index is 13.1. The molecule has 4 nitrogen and oxygen atoms in total. The maximum absolute atomic E-state index is 13.1. The first kappa shape index (κ1) is 16.3. The van der Waals surface area contributed by atoms with Crippen LogP contribution in [0, 0.1) is 6.92 Å². The van der Waals surface area contributed by atoms with Crippen molar-refractivity contribution in [3.05, 3.63) is 83.7 Å². The van der Waals surface area contributed by atoms with Gasteiger partial charge in [-0.1, -0.05) is 30.3 Å². The summed E-state index contributed by atoms with van der Waals surface area (Å²) in [6.07, 6.45) is 2.56. The number of aryl methyl sites for hydroxylation is 1. The molecule has 130 valence electrons. The molecule has 0 saturated carbocycles. The first-order valence-electron chi connectivity index (χ1n) is 8.83. The van der Waals surface area contributed by atoms with Crippen LogP contribution >= 0.6 is 0 Å². The van der Waals surface area contributed by atoms with Gasteiger partial charge in [0, 0.05) is 29.3 Å².